The molecule has 2 aromatic rings. The minimum absolute atomic E-state index is 0.206. The third-order valence-electron chi connectivity index (χ3n) is 2.77. The van der Waals surface area contributed by atoms with E-state index in [2.05, 4.69) is 41.3 Å². The molecule has 2 rings (SSSR count). The maximum absolute atomic E-state index is 11.6. The molecular formula is C15H17N3O. The highest BCUT2D eigenvalue weighted by Gasteiger charge is 2.00. The molecule has 0 atom stereocenters. The van der Waals surface area contributed by atoms with E-state index in [1.807, 2.05) is 12.1 Å². The third kappa shape index (κ3) is 3.81. The van der Waals surface area contributed by atoms with E-state index in [0.29, 0.717) is 11.9 Å². The van der Waals surface area contributed by atoms with Crippen molar-refractivity contribution in [1.82, 2.24) is 9.97 Å². The van der Waals surface area contributed by atoms with Crippen LogP contribution in [-0.2, 0) is 4.79 Å². The molecule has 0 aliphatic heterocycles. The van der Waals surface area contributed by atoms with E-state index in [1.54, 1.807) is 18.5 Å². The second-order valence-electron chi connectivity index (χ2n) is 4.58. The fraction of sp³-hybridized carbons (Fsp3) is 0.200. The van der Waals surface area contributed by atoms with E-state index >= 15 is 0 Å². The lowest BCUT2D eigenvalue weighted by molar-refractivity contribution is -0.111. The molecule has 0 spiro atoms. The summed E-state index contributed by atoms with van der Waals surface area (Å²) < 4.78 is 0. The summed E-state index contributed by atoms with van der Waals surface area (Å²) in [5, 5.41) is 2.63. The van der Waals surface area contributed by atoms with Gasteiger partial charge in [-0.3, -0.25) is 10.1 Å². The van der Waals surface area contributed by atoms with Crippen LogP contribution >= 0.6 is 0 Å². The van der Waals surface area contributed by atoms with Crippen molar-refractivity contribution in [2.75, 3.05) is 5.32 Å². The van der Waals surface area contributed by atoms with Crippen molar-refractivity contribution < 1.29 is 4.79 Å². The lowest BCUT2D eigenvalue weighted by Crippen LogP contribution is -2.08. The Bertz CT molecular complexity index is 554. The Morgan fingerprint density at radius 1 is 1.32 bits per heavy atom. The van der Waals surface area contributed by atoms with Gasteiger partial charge in [-0.15, -0.1) is 0 Å². The Kier molecular flexibility index (Phi) is 4.13. The zero-order valence-electron chi connectivity index (χ0n) is 11.1. The van der Waals surface area contributed by atoms with Gasteiger partial charge in [0.1, 0.15) is 0 Å². The molecule has 98 valence electrons. The zero-order valence-corrected chi connectivity index (χ0v) is 11.1. The first-order valence-corrected chi connectivity index (χ1v) is 6.23. The molecule has 0 aliphatic rings. The van der Waals surface area contributed by atoms with Gasteiger partial charge < -0.3 is 4.98 Å². The summed E-state index contributed by atoms with van der Waals surface area (Å²) in [6, 6.07) is 8.17. The number of hydrogen-bond donors (Lipinski definition) is 2. The van der Waals surface area contributed by atoms with Crippen LogP contribution in [0.4, 0.5) is 5.95 Å². The van der Waals surface area contributed by atoms with E-state index in [9.17, 15) is 4.79 Å². The number of benzene rings is 1. The Morgan fingerprint density at radius 2 is 2.05 bits per heavy atom. The average molecular weight is 255 g/mol. The fourth-order valence-corrected chi connectivity index (χ4v) is 1.66. The molecule has 19 heavy (non-hydrogen) atoms. The van der Waals surface area contributed by atoms with Gasteiger partial charge in [0.05, 0.1) is 0 Å². The number of aromatic nitrogens is 2. The normalized spacial score (nSPS) is 11.1. The Labute approximate surface area is 112 Å². The van der Waals surface area contributed by atoms with Crippen LogP contribution in [0.25, 0.3) is 6.08 Å². The minimum atomic E-state index is -0.206. The van der Waals surface area contributed by atoms with Crippen LogP contribution in [0.2, 0.25) is 0 Å². The number of H-pyrrole nitrogens is 1. The molecule has 1 heterocycles. The van der Waals surface area contributed by atoms with E-state index in [-0.39, 0.29) is 5.91 Å². The maximum Gasteiger partial charge on any atom is 0.250 e. The quantitative estimate of drug-likeness (QED) is 0.824. The summed E-state index contributed by atoms with van der Waals surface area (Å²) >= 11 is 0. The highest BCUT2D eigenvalue weighted by molar-refractivity contribution is 6.00. The topological polar surface area (TPSA) is 57.8 Å². The number of carbonyl (C=O) groups excluding carboxylic acids is 1. The van der Waals surface area contributed by atoms with Crippen LogP contribution in [0.1, 0.15) is 30.9 Å². The van der Waals surface area contributed by atoms with Gasteiger partial charge >= 0.3 is 0 Å². The Balaban J connectivity index is 1.96. The highest BCUT2D eigenvalue weighted by Crippen LogP contribution is 2.15. The van der Waals surface area contributed by atoms with E-state index < -0.39 is 0 Å². The number of nitrogens with zero attached hydrogens (tertiary/aromatic N) is 1. The summed E-state index contributed by atoms with van der Waals surface area (Å²) in [6.45, 7) is 4.31. The molecular weight excluding hydrogens is 238 g/mol. The molecule has 0 bridgehead atoms. The number of aromatic amines is 1. The zero-order chi connectivity index (χ0) is 13.7. The van der Waals surface area contributed by atoms with Crippen molar-refractivity contribution in [2.45, 2.75) is 19.8 Å². The average Bonchev–Trinajstić information content (AvgIpc) is 2.89. The van der Waals surface area contributed by atoms with Gasteiger partial charge in [0.2, 0.25) is 5.95 Å². The molecule has 0 fully saturated rings. The summed E-state index contributed by atoms with van der Waals surface area (Å²) in [7, 11) is 0. The van der Waals surface area contributed by atoms with E-state index in [0.717, 1.165) is 5.56 Å². The van der Waals surface area contributed by atoms with Gasteiger partial charge in [-0.2, -0.15) is 0 Å². The molecule has 2 N–H and O–H groups in total. The Morgan fingerprint density at radius 3 is 2.63 bits per heavy atom. The van der Waals surface area contributed by atoms with Crippen molar-refractivity contribution in [3.63, 3.8) is 0 Å². The highest BCUT2D eigenvalue weighted by atomic mass is 16.1. The second kappa shape index (κ2) is 6.00. The number of hydrogen-bond acceptors (Lipinski definition) is 2. The van der Waals surface area contributed by atoms with Gasteiger partial charge in [-0.1, -0.05) is 38.1 Å². The van der Waals surface area contributed by atoms with Crippen molar-refractivity contribution in [2.24, 2.45) is 0 Å². The number of carbonyl (C=O) groups is 1. The maximum atomic E-state index is 11.6. The molecule has 4 nitrogen and oxygen atoms in total. The van der Waals surface area contributed by atoms with Crippen LogP contribution in [0, 0.1) is 0 Å². The lowest BCUT2D eigenvalue weighted by atomic mass is 10.0. The first kappa shape index (κ1) is 13.1. The number of amides is 1. The minimum Gasteiger partial charge on any atom is -0.331 e. The van der Waals surface area contributed by atoms with E-state index in [4.69, 9.17) is 0 Å². The summed E-state index contributed by atoms with van der Waals surface area (Å²) in [6.07, 6.45) is 6.52. The van der Waals surface area contributed by atoms with Crippen molar-refractivity contribution in [1.29, 1.82) is 0 Å². The first-order chi connectivity index (χ1) is 9.15. The van der Waals surface area contributed by atoms with Crippen LogP contribution in [-0.4, -0.2) is 15.9 Å². The predicted molar refractivity (Wildman–Crippen MR) is 76.8 cm³/mol. The molecule has 0 aliphatic carbocycles. The fourth-order valence-electron chi connectivity index (χ4n) is 1.66. The molecule has 1 amide bonds. The van der Waals surface area contributed by atoms with Crippen LogP contribution in [0.5, 0.6) is 0 Å². The van der Waals surface area contributed by atoms with Crippen molar-refractivity contribution in [3.05, 3.63) is 53.9 Å². The monoisotopic (exact) mass is 255 g/mol. The van der Waals surface area contributed by atoms with Crippen LogP contribution in [0.3, 0.4) is 0 Å². The van der Waals surface area contributed by atoms with Crippen molar-refractivity contribution >= 4 is 17.9 Å². The number of anilines is 1. The standard InChI is InChI=1S/C15H17N3O/c1-11(2)13-6-3-12(4-7-13)5-8-14(19)18-15-16-9-10-17-15/h3-11H,1-2H3,(H2,16,17,18,19)/b8-5+. The van der Waals surface area contributed by atoms with Crippen LogP contribution in [0.15, 0.2) is 42.7 Å². The first-order valence-electron chi connectivity index (χ1n) is 6.23. The molecule has 0 radical (unpaired) electrons. The van der Waals surface area contributed by atoms with Gasteiger partial charge in [-0.25, -0.2) is 4.98 Å². The van der Waals surface area contributed by atoms with Crippen molar-refractivity contribution in [3.8, 4) is 0 Å². The molecule has 0 saturated carbocycles. The van der Waals surface area contributed by atoms with Gasteiger partial charge in [0, 0.05) is 18.5 Å². The van der Waals surface area contributed by atoms with Gasteiger partial charge in [0.25, 0.3) is 5.91 Å². The number of imidazole rings is 1. The number of nitrogens with one attached hydrogen (secondary N) is 2. The van der Waals surface area contributed by atoms with Gasteiger partial charge in [-0.05, 0) is 23.1 Å². The van der Waals surface area contributed by atoms with E-state index in [1.165, 1.54) is 11.6 Å². The van der Waals surface area contributed by atoms with Gasteiger partial charge in [0.15, 0.2) is 0 Å². The summed E-state index contributed by atoms with van der Waals surface area (Å²) in [5.74, 6) is 0.757. The predicted octanol–water partition coefficient (Wildman–Crippen LogP) is 3.19. The molecule has 4 heteroatoms. The molecule has 1 aromatic heterocycles. The van der Waals surface area contributed by atoms with Crippen LogP contribution < -0.4 is 5.32 Å². The third-order valence-corrected chi connectivity index (χ3v) is 2.77. The summed E-state index contributed by atoms with van der Waals surface area (Å²) in [5.41, 5.74) is 2.29. The number of rotatable bonds is 4. The summed E-state index contributed by atoms with van der Waals surface area (Å²) in [4.78, 5) is 18.3. The largest absolute Gasteiger partial charge is 0.331 e. The smallest absolute Gasteiger partial charge is 0.250 e. The molecule has 0 unspecified atom stereocenters. The molecule has 1 aromatic carbocycles. The Hall–Kier alpha value is -2.36. The second-order valence-corrected chi connectivity index (χ2v) is 4.58. The molecule has 0 saturated heterocycles. The SMILES string of the molecule is CC(C)c1ccc(/C=C/C(=O)Nc2ncc[nH]2)cc1. The lowest BCUT2D eigenvalue weighted by Gasteiger charge is -2.04.